The van der Waals surface area contributed by atoms with Gasteiger partial charge >= 0.3 is 5.97 Å². The molecule has 1 aliphatic carbocycles. The monoisotopic (exact) mass is 729 g/mol. The predicted molar refractivity (Wildman–Crippen MR) is 198 cm³/mol. The molecule has 52 heavy (non-hydrogen) atoms. The molecule has 1 amide bonds. The van der Waals surface area contributed by atoms with E-state index in [4.69, 9.17) is 4.74 Å². The molecule has 4 aromatic rings. The van der Waals surface area contributed by atoms with Gasteiger partial charge in [-0.15, -0.1) is 0 Å². The number of carboxylic acids is 1. The second-order valence-corrected chi connectivity index (χ2v) is 15.5. The number of hydrogen-bond acceptors (Lipinski definition) is 8. The number of carboxylic acid groups (broad SMARTS) is 1. The number of likely N-dealkylation sites (N-methyl/N-ethyl adjacent to an activating group) is 2. The minimum absolute atomic E-state index is 0.0771. The highest BCUT2D eigenvalue weighted by molar-refractivity contribution is 7.89. The lowest BCUT2D eigenvalue weighted by Crippen LogP contribution is -2.39. The molecule has 0 unspecified atom stereocenters. The molecule has 1 aliphatic heterocycles. The second-order valence-electron chi connectivity index (χ2n) is 13.5. The summed E-state index contributed by atoms with van der Waals surface area (Å²) in [5.74, 6) is -0.331. The number of nitro benzene ring substituents is 1. The molecule has 0 radical (unpaired) electrons. The van der Waals surface area contributed by atoms with E-state index in [1.54, 1.807) is 26.3 Å². The zero-order chi connectivity index (χ0) is 37.2. The summed E-state index contributed by atoms with van der Waals surface area (Å²) in [6.45, 7) is 1.31. The number of nitro groups is 1. The highest BCUT2D eigenvalue weighted by Gasteiger charge is 2.31. The third-order valence-electron chi connectivity index (χ3n) is 10.2. The minimum Gasteiger partial charge on any atom is -0.497 e. The van der Waals surface area contributed by atoms with Gasteiger partial charge in [-0.25, -0.2) is 13.2 Å². The predicted octanol–water partition coefficient (Wildman–Crippen LogP) is 5.74. The molecule has 0 spiro atoms. The van der Waals surface area contributed by atoms with Gasteiger partial charge in [0.15, 0.2) is 4.90 Å². The number of hydrogen-bond donors (Lipinski definition) is 2. The maximum absolute atomic E-state index is 13.9. The van der Waals surface area contributed by atoms with E-state index in [0.29, 0.717) is 30.3 Å². The first-order valence-corrected chi connectivity index (χ1v) is 18.8. The first kappa shape index (κ1) is 36.7. The van der Waals surface area contributed by atoms with E-state index in [0.717, 1.165) is 63.8 Å². The molecule has 274 valence electrons. The Morgan fingerprint density at radius 3 is 2.48 bits per heavy atom. The van der Waals surface area contributed by atoms with E-state index < -0.39 is 26.6 Å². The molecule has 1 saturated carbocycles. The van der Waals surface area contributed by atoms with Crippen LogP contribution in [0.5, 0.6) is 5.75 Å². The number of ether oxygens (including phenoxy) is 1. The topological polar surface area (TPSA) is 164 Å². The van der Waals surface area contributed by atoms with Crippen molar-refractivity contribution in [2.75, 3.05) is 47.4 Å². The Labute approximate surface area is 302 Å². The summed E-state index contributed by atoms with van der Waals surface area (Å²) in [5, 5.41) is 25.3. The Balaban J connectivity index is 1.22. The molecular formula is C38H43N5O8S. The maximum Gasteiger partial charge on any atom is 0.335 e. The highest BCUT2D eigenvalue weighted by atomic mass is 32.2. The summed E-state index contributed by atoms with van der Waals surface area (Å²) < 4.78 is 35.0. The number of aromatic nitrogens is 1. The molecule has 2 heterocycles. The van der Waals surface area contributed by atoms with Crippen molar-refractivity contribution < 1.29 is 32.8 Å². The molecule has 13 nitrogen and oxygen atoms in total. The van der Waals surface area contributed by atoms with Gasteiger partial charge in [0.25, 0.3) is 5.69 Å². The van der Waals surface area contributed by atoms with E-state index in [2.05, 4.69) is 9.88 Å². The molecule has 0 saturated heterocycles. The smallest absolute Gasteiger partial charge is 0.335 e. The van der Waals surface area contributed by atoms with Gasteiger partial charge in [-0.1, -0.05) is 37.5 Å². The normalized spacial score (nSPS) is 14.8. The molecular weight excluding hydrogens is 687 g/mol. The molecule has 1 fully saturated rings. The van der Waals surface area contributed by atoms with Gasteiger partial charge in [0.05, 0.1) is 29.8 Å². The van der Waals surface area contributed by atoms with Gasteiger partial charge in [-0.05, 0) is 79.4 Å². The van der Waals surface area contributed by atoms with Crippen molar-refractivity contribution in [3.8, 4) is 17.0 Å². The molecule has 3 aromatic carbocycles. The van der Waals surface area contributed by atoms with Gasteiger partial charge in [-0.2, -0.15) is 4.31 Å². The molecule has 0 atom stereocenters. The van der Waals surface area contributed by atoms with Crippen LogP contribution in [0.25, 0.3) is 28.2 Å². The molecule has 6 rings (SSSR count). The highest BCUT2D eigenvalue weighted by Crippen LogP contribution is 2.47. The quantitative estimate of drug-likeness (QED) is 0.129. The van der Waals surface area contributed by atoms with E-state index in [-0.39, 0.29) is 36.0 Å². The fourth-order valence-electron chi connectivity index (χ4n) is 7.32. The third kappa shape index (κ3) is 7.31. The van der Waals surface area contributed by atoms with Crippen LogP contribution < -0.4 is 10.1 Å². The lowest BCUT2D eigenvalue weighted by Gasteiger charge is -2.24. The minimum atomic E-state index is -4.10. The van der Waals surface area contributed by atoms with Crippen molar-refractivity contribution in [2.45, 2.75) is 49.5 Å². The Kier molecular flexibility index (Phi) is 10.8. The first-order chi connectivity index (χ1) is 24.9. The Morgan fingerprint density at radius 2 is 1.77 bits per heavy atom. The van der Waals surface area contributed by atoms with Gasteiger partial charge in [-0.3, -0.25) is 14.9 Å². The SMILES string of the molecule is COc1ccc2c(c1)C=C(C(=O)NCCN(C)CCN(C)S(=O)(=O)c1ccccc1[N+](=O)[O-])Cn1c-2c(C2CCCCC2)c2ccc(C(=O)O)cc21. The van der Waals surface area contributed by atoms with E-state index >= 15 is 0 Å². The van der Waals surface area contributed by atoms with Crippen LogP contribution in [-0.4, -0.2) is 91.5 Å². The zero-order valence-corrected chi connectivity index (χ0v) is 30.3. The maximum atomic E-state index is 13.9. The number of rotatable bonds is 13. The number of nitrogens with one attached hydrogen (secondary N) is 1. The molecule has 1 aromatic heterocycles. The number of methoxy groups -OCH3 is 1. The van der Waals surface area contributed by atoms with Gasteiger partial charge in [0.2, 0.25) is 15.9 Å². The number of nitrogens with zero attached hydrogens (tertiary/aromatic N) is 4. The fraction of sp³-hybridized carbons (Fsp3) is 0.368. The van der Waals surface area contributed by atoms with Crippen molar-refractivity contribution in [1.29, 1.82) is 0 Å². The van der Waals surface area contributed by atoms with Crippen LogP contribution in [0.3, 0.4) is 0 Å². The van der Waals surface area contributed by atoms with E-state index in [1.165, 1.54) is 37.2 Å². The molecule has 2 N–H and O–H groups in total. The summed E-state index contributed by atoms with van der Waals surface area (Å²) in [6, 6.07) is 16.4. The van der Waals surface area contributed by atoms with Crippen molar-refractivity contribution in [1.82, 2.24) is 19.1 Å². The van der Waals surface area contributed by atoms with Crippen LogP contribution in [0.1, 0.15) is 59.5 Å². The molecule has 2 aliphatic rings. The summed E-state index contributed by atoms with van der Waals surface area (Å²) >= 11 is 0. The number of sulfonamides is 1. The standard InChI is InChI=1S/C38H43N5O8S/c1-40(19-20-41(2)52(49,50)34-12-8-7-11-32(34)43(47)48)18-17-39-37(44)28-21-27-22-29(51-3)14-16-30(27)36-35(25-9-5-4-6-10-25)31-15-13-26(38(45)46)23-33(31)42(36)24-28/h7-8,11-16,21-23,25H,4-6,9-10,17-20,24H2,1-3H3,(H,39,44)(H,45,46). The fourth-order valence-corrected chi connectivity index (χ4v) is 8.64. The van der Waals surface area contributed by atoms with Gasteiger partial charge < -0.3 is 24.6 Å². The van der Waals surface area contributed by atoms with Crippen molar-refractivity contribution in [2.24, 2.45) is 0 Å². The average Bonchev–Trinajstić information content (AvgIpc) is 3.35. The molecule has 14 heteroatoms. The summed E-state index contributed by atoms with van der Waals surface area (Å²) in [7, 11) is 0.681. The van der Waals surface area contributed by atoms with Crippen LogP contribution in [0.15, 0.2) is 71.1 Å². The second kappa shape index (κ2) is 15.3. The van der Waals surface area contributed by atoms with E-state index in [1.807, 2.05) is 35.2 Å². The lowest BCUT2D eigenvalue weighted by molar-refractivity contribution is -0.387. The number of carbonyl (C=O) groups is 2. The molecule has 0 bridgehead atoms. The van der Waals surface area contributed by atoms with Crippen LogP contribution in [0.4, 0.5) is 5.69 Å². The average molecular weight is 730 g/mol. The zero-order valence-electron chi connectivity index (χ0n) is 29.5. The van der Waals surface area contributed by atoms with Crippen molar-refractivity contribution in [3.05, 3.63) is 93.0 Å². The number of para-hydroxylation sites is 1. The van der Waals surface area contributed by atoms with Crippen LogP contribution in [0, 0.1) is 10.1 Å². The van der Waals surface area contributed by atoms with Crippen molar-refractivity contribution >= 4 is 44.6 Å². The van der Waals surface area contributed by atoms with Gasteiger partial charge in [0.1, 0.15) is 5.75 Å². The third-order valence-corrected chi connectivity index (χ3v) is 12.1. The lowest BCUT2D eigenvalue weighted by atomic mass is 9.81. The Hall–Kier alpha value is -5.05. The largest absolute Gasteiger partial charge is 0.497 e. The number of fused-ring (bicyclic) bond motifs is 5. The number of carbonyl (C=O) groups excluding carboxylic acids is 1. The van der Waals surface area contributed by atoms with Crippen LogP contribution in [0.2, 0.25) is 0 Å². The van der Waals surface area contributed by atoms with Crippen LogP contribution >= 0.6 is 0 Å². The Bertz CT molecular complexity index is 2170. The van der Waals surface area contributed by atoms with Gasteiger partial charge in [0, 0.05) is 61.3 Å². The summed E-state index contributed by atoms with van der Waals surface area (Å²) in [6.07, 6.45) is 7.41. The first-order valence-electron chi connectivity index (χ1n) is 17.4. The number of amides is 1. The Morgan fingerprint density at radius 1 is 1.02 bits per heavy atom. The number of aromatic carboxylic acids is 1. The van der Waals surface area contributed by atoms with Crippen LogP contribution in [-0.2, 0) is 21.4 Å². The number of benzene rings is 3. The summed E-state index contributed by atoms with van der Waals surface area (Å²) in [5.41, 5.74) is 4.96. The van der Waals surface area contributed by atoms with E-state index in [9.17, 15) is 33.2 Å². The summed E-state index contributed by atoms with van der Waals surface area (Å²) in [4.78, 5) is 38.2. The van der Waals surface area contributed by atoms with Crippen molar-refractivity contribution in [3.63, 3.8) is 0 Å².